The number of amides is 1. The summed E-state index contributed by atoms with van der Waals surface area (Å²) >= 11 is 0. The first-order valence-electron chi connectivity index (χ1n) is 19.0. The molecule has 5 aromatic rings. The van der Waals surface area contributed by atoms with E-state index < -0.39 is 29.1 Å². The number of carbonyl (C=O) groups excluding carboxylic acids is 2. The lowest BCUT2D eigenvalue weighted by Crippen LogP contribution is -2.55. The molecule has 284 valence electrons. The number of phenolic OH excluding ortho intramolecular Hbond substituents is 1. The van der Waals surface area contributed by atoms with Crippen LogP contribution in [0.3, 0.4) is 0 Å². The van der Waals surface area contributed by atoms with Crippen molar-refractivity contribution in [1.82, 2.24) is 10.2 Å². The van der Waals surface area contributed by atoms with E-state index in [1.165, 1.54) is 13.2 Å². The summed E-state index contributed by atoms with van der Waals surface area (Å²) in [5.41, 5.74) is 2.61. The molecule has 1 amide bonds. The molecule has 2 atom stereocenters. The number of hydrogen-bond acceptors (Lipinski definition) is 7. The summed E-state index contributed by atoms with van der Waals surface area (Å²) in [6.07, 6.45) is 3.72. The summed E-state index contributed by atoms with van der Waals surface area (Å²) in [7, 11) is 1.38. The van der Waals surface area contributed by atoms with E-state index in [1.807, 2.05) is 78.9 Å². The average molecular weight is 743 g/mol. The van der Waals surface area contributed by atoms with E-state index in [0.717, 1.165) is 42.4 Å². The van der Waals surface area contributed by atoms with Crippen LogP contribution in [0.5, 0.6) is 17.2 Å². The first-order valence-corrected chi connectivity index (χ1v) is 19.0. The predicted octanol–water partition coefficient (Wildman–Crippen LogP) is 8.26. The van der Waals surface area contributed by atoms with Gasteiger partial charge in [-0.3, -0.25) is 14.9 Å². The summed E-state index contributed by atoms with van der Waals surface area (Å²) in [5.74, 6) is -0.231. The number of benzene rings is 5. The Kier molecular flexibility index (Phi) is 11.5. The second-order valence-corrected chi connectivity index (χ2v) is 14.6. The van der Waals surface area contributed by atoms with Crippen LogP contribution < -0.4 is 14.8 Å². The average Bonchev–Trinajstić information content (AvgIpc) is 3.55. The number of esters is 1. The molecule has 0 saturated heterocycles. The third-order valence-electron chi connectivity index (χ3n) is 11.1. The number of methoxy groups -OCH3 is 1. The molecule has 1 fully saturated rings. The minimum atomic E-state index is -0.900. The molecule has 0 spiro atoms. The molecule has 0 bridgehead atoms. The highest BCUT2D eigenvalue weighted by Gasteiger charge is 2.41. The molecular weight excluding hydrogens is 696 g/mol. The number of carbonyl (C=O) groups is 2. The number of rotatable bonds is 14. The van der Waals surface area contributed by atoms with Crippen molar-refractivity contribution in [2.45, 2.75) is 56.8 Å². The topological polar surface area (TPSA) is 97.3 Å². The molecule has 1 heterocycles. The van der Waals surface area contributed by atoms with Crippen molar-refractivity contribution < 1.29 is 33.3 Å². The van der Waals surface area contributed by atoms with E-state index >= 15 is 0 Å². The molecule has 1 unspecified atom stereocenters. The first kappa shape index (κ1) is 37.6. The molecule has 1 aliphatic carbocycles. The number of nitrogens with one attached hydrogen (secondary N) is 1. The van der Waals surface area contributed by atoms with E-state index in [9.17, 15) is 19.1 Å². The van der Waals surface area contributed by atoms with Crippen molar-refractivity contribution in [2.75, 3.05) is 20.3 Å². The van der Waals surface area contributed by atoms with Gasteiger partial charge in [-0.25, -0.2) is 4.39 Å². The quantitative estimate of drug-likeness (QED) is 0.0874. The standard InChI is InChI=1S/C46H47FN2O6/c1-31(33-23-21-32(22-24-33)28-49-29-34-25-26-41(50)43(47)42(34)44(49)51)55-39-20-12-19-38(27-39)54-30-40(45(52)53-2)48-46(35-13-6-3-7-14-35,36-15-8-4-9-16-36)37-17-10-5-11-18-37/h3-20,25-27,31-33,40,48,50H,21-24,28-30H2,1-2H3/t31?,32?,33?,40-/m0/s1. The number of aromatic hydroxyl groups is 1. The SMILES string of the molecule is COC(=O)[C@H](COc1cccc(OC(C)C2CCC(CN3Cc4ccc(O)c(F)c4C3=O)CC2)c1)NC(c1ccccc1)(c1ccccc1)c1ccccc1. The van der Waals surface area contributed by atoms with Gasteiger partial charge in [0.1, 0.15) is 24.1 Å². The Morgan fingerprint density at radius 2 is 1.42 bits per heavy atom. The van der Waals surface area contributed by atoms with Gasteiger partial charge in [-0.2, -0.15) is 0 Å². The van der Waals surface area contributed by atoms with Crippen LogP contribution in [-0.4, -0.2) is 54.3 Å². The van der Waals surface area contributed by atoms with Crippen molar-refractivity contribution in [1.29, 1.82) is 0 Å². The monoisotopic (exact) mass is 742 g/mol. The number of ether oxygens (including phenoxy) is 3. The largest absolute Gasteiger partial charge is 0.505 e. The highest BCUT2D eigenvalue weighted by Crippen LogP contribution is 2.39. The van der Waals surface area contributed by atoms with Crippen molar-refractivity contribution in [3.63, 3.8) is 0 Å². The maximum absolute atomic E-state index is 14.5. The van der Waals surface area contributed by atoms with Gasteiger partial charge in [0.2, 0.25) is 0 Å². The highest BCUT2D eigenvalue weighted by atomic mass is 19.1. The maximum atomic E-state index is 14.5. The summed E-state index contributed by atoms with van der Waals surface area (Å²) in [5, 5.41) is 13.4. The number of nitrogens with zero attached hydrogens (tertiary/aromatic N) is 1. The van der Waals surface area contributed by atoms with Gasteiger partial charge in [-0.1, -0.05) is 103 Å². The van der Waals surface area contributed by atoms with E-state index in [0.29, 0.717) is 42.0 Å². The van der Waals surface area contributed by atoms with Gasteiger partial charge >= 0.3 is 5.97 Å². The van der Waals surface area contributed by atoms with Crippen LogP contribution in [0.1, 0.15) is 65.2 Å². The molecule has 55 heavy (non-hydrogen) atoms. The minimum absolute atomic E-state index is 0.00124. The van der Waals surface area contributed by atoms with Gasteiger partial charge < -0.3 is 24.2 Å². The summed E-state index contributed by atoms with van der Waals surface area (Å²) in [4.78, 5) is 28.1. The molecule has 0 radical (unpaired) electrons. The lowest BCUT2D eigenvalue weighted by molar-refractivity contribution is -0.144. The Morgan fingerprint density at radius 1 is 0.836 bits per heavy atom. The summed E-state index contributed by atoms with van der Waals surface area (Å²) in [6, 6.07) is 39.8. The second-order valence-electron chi connectivity index (χ2n) is 14.6. The number of halogens is 1. The lowest BCUT2D eigenvalue weighted by atomic mass is 9.76. The predicted molar refractivity (Wildman–Crippen MR) is 208 cm³/mol. The molecule has 1 saturated carbocycles. The molecule has 2 aliphatic rings. The fourth-order valence-electron chi connectivity index (χ4n) is 8.22. The number of phenols is 1. The molecule has 9 heteroatoms. The van der Waals surface area contributed by atoms with E-state index in [2.05, 4.69) is 48.6 Å². The van der Waals surface area contributed by atoms with Crippen molar-refractivity contribution in [3.05, 3.63) is 161 Å². The normalized spacial score (nSPS) is 17.9. The van der Waals surface area contributed by atoms with Crippen molar-refractivity contribution in [3.8, 4) is 17.2 Å². The number of fused-ring (bicyclic) bond motifs is 1. The summed E-state index contributed by atoms with van der Waals surface area (Å²) in [6.45, 7) is 3.03. The van der Waals surface area contributed by atoms with Crippen LogP contribution in [0, 0.1) is 17.7 Å². The fourth-order valence-corrected chi connectivity index (χ4v) is 8.22. The van der Waals surface area contributed by atoms with Gasteiger partial charge in [0.25, 0.3) is 5.91 Å². The van der Waals surface area contributed by atoms with Gasteiger partial charge in [0, 0.05) is 19.2 Å². The van der Waals surface area contributed by atoms with Gasteiger partial charge in [-0.05, 0) is 84.9 Å². The van der Waals surface area contributed by atoms with Gasteiger partial charge in [0.15, 0.2) is 11.6 Å². The van der Waals surface area contributed by atoms with Crippen molar-refractivity contribution >= 4 is 11.9 Å². The van der Waals surface area contributed by atoms with Crippen LogP contribution in [-0.2, 0) is 21.6 Å². The van der Waals surface area contributed by atoms with Gasteiger partial charge in [0.05, 0.1) is 24.3 Å². The maximum Gasteiger partial charge on any atom is 0.326 e. The third-order valence-corrected chi connectivity index (χ3v) is 11.1. The second kappa shape index (κ2) is 16.8. The van der Waals surface area contributed by atoms with Crippen molar-refractivity contribution in [2.24, 2.45) is 11.8 Å². The zero-order chi connectivity index (χ0) is 38.4. The molecule has 7 rings (SSSR count). The van der Waals surface area contributed by atoms with Crippen LogP contribution in [0.4, 0.5) is 4.39 Å². The molecule has 5 aromatic carbocycles. The molecule has 2 N–H and O–H groups in total. The highest BCUT2D eigenvalue weighted by molar-refractivity contribution is 5.99. The zero-order valence-corrected chi connectivity index (χ0v) is 31.2. The fraction of sp³-hybridized carbons (Fsp3) is 0.304. The Morgan fingerprint density at radius 3 is 2.00 bits per heavy atom. The molecule has 1 aliphatic heterocycles. The van der Waals surface area contributed by atoms with Gasteiger partial charge in [-0.15, -0.1) is 0 Å². The Hall–Kier alpha value is -5.67. The Bertz CT molecular complexity index is 1970. The van der Waals surface area contributed by atoms with Crippen LogP contribution in [0.15, 0.2) is 127 Å². The van der Waals surface area contributed by atoms with Crippen LogP contribution in [0.25, 0.3) is 0 Å². The Labute approximate surface area is 321 Å². The first-order chi connectivity index (χ1) is 26.8. The van der Waals surface area contributed by atoms with E-state index in [1.54, 1.807) is 11.0 Å². The third kappa shape index (κ3) is 8.08. The van der Waals surface area contributed by atoms with Crippen LogP contribution in [0.2, 0.25) is 0 Å². The zero-order valence-electron chi connectivity index (χ0n) is 31.2. The van der Waals surface area contributed by atoms with E-state index in [-0.39, 0.29) is 24.2 Å². The smallest absolute Gasteiger partial charge is 0.326 e. The molecular formula is C46H47FN2O6. The molecule has 0 aromatic heterocycles. The van der Waals surface area contributed by atoms with Crippen LogP contribution >= 0.6 is 0 Å². The lowest BCUT2D eigenvalue weighted by Gasteiger charge is -2.39. The minimum Gasteiger partial charge on any atom is -0.505 e. The van der Waals surface area contributed by atoms with E-state index in [4.69, 9.17) is 14.2 Å². The molecule has 8 nitrogen and oxygen atoms in total. The summed E-state index contributed by atoms with van der Waals surface area (Å²) < 4.78 is 32.6. The number of hydrogen-bond donors (Lipinski definition) is 2. The Balaban J connectivity index is 1.000.